The van der Waals surface area contributed by atoms with Gasteiger partial charge >= 0.3 is 0 Å². The van der Waals surface area contributed by atoms with Crippen LogP contribution in [0, 0.1) is 12.8 Å². The van der Waals surface area contributed by atoms with E-state index in [-0.39, 0.29) is 5.56 Å². The van der Waals surface area contributed by atoms with Crippen LogP contribution in [0.2, 0.25) is 5.02 Å². The summed E-state index contributed by atoms with van der Waals surface area (Å²) in [6, 6.07) is 19.6. The zero-order valence-corrected chi connectivity index (χ0v) is 18.9. The Kier molecular flexibility index (Phi) is 6.25. The summed E-state index contributed by atoms with van der Waals surface area (Å²) in [5, 5.41) is 3.79. The molecule has 0 amide bonds. The number of H-pyrrole nitrogens is 1. The number of nitrogens with zero attached hydrogens (tertiary/aromatic N) is 3. The first-order valence-corrected chi connectivity index (χ1v) is 10.9. The standard InChI is InChI=1S/C25H27ClN4O/c1-17(2)14-29(15-19-9-7-18(3)8-10-19)16-22-12-25(31)30-24(27-22)13-23(28-30)20-5-4-6-21(26)11-20/h4-13,17,28H,14-16H2,1-3H3. The van der Waals surface area contributed by atoms with E-state index in [0.29, 0.717) is 23.1 Å². The molecule has 0 aliphatic heterocycles. The molecule has 0 fully saturated rings. The molecule has 31 heavy (non-hydrogen) atoms. The number of aromatic nitrogens is 3. The van der Waals surface area contributed by atoms with Gasteiger partial charge in [0, 0.05) is 42.4 Å². The van der Waals surface area contributed by atoms with Gasteiger partial charge < -0.3 is 0 Å². The van der Waals surface area contributed by atoms with E-state index in [4.69, 9.17) is 16.6 Å². The number of hydrogen-bond donors (Lipinski definition) is 1. The molecule has 2 heterocycles. The highest BCUT2D eigenvalue weighted by atomic mass is 35.5. The molecule has 0 spiro atoms. The lowest BCUT2D eigenvalue weighted by Gasteiger charge is -2.24. The highest BCUT2D eigenvalue weighted by Gasteiger charge is 2.13. The van der Waals surface area contributed by atoms with Crippen LogP contribution in [0.1, 0.15) is 30.7 Å². The van der Waals surface area contributed by atoms with Gasteiger partial charge in [-0.05, 0) is 30.5 Å². The van der Waals surface area contributed by atoms with E-state index in [1.165, 1.54) is 15.6 Å². The molecule has 5 nitrogen and oxygen atoms in total. The summed E-state index contributed by atoms with van der Waals surface area (Å²) in [5.41, 5.74) is 5.50. The second-order valence-electron chi connectivity index (χ2n) is 8.51. The average Bonchev–Trinajstić information content (AvgIpc) is 3.14. The Hall–Kier alpha value is -2.89. The fourth-order valence-electron chi connectivity index (χ4n) is 3.81. The first kappa shape index (κ1) is 21.3. The van der Waals surface area contributed by atoms with Crippen LogP contribution < -0.4 is 5.56 Å². The molecule has 4 rings (SSSR count). The first-order valence-electron chi connectivity index (χ1n) is 10.5. The Balaban J connectivity index is 1.62. The van der Waals surface area contributed by atoms with Crippen molar-refractivity contribution >= 4 is 17.2 Å². The van der Waals surface area contributed by atoms with Crippen molar-refractivity contribution in [1.29, 1.82) is 0 Å². The minimum atomic E-state index is -0.117. The zero-order chi connectivity index (χ0) is 22.0. The molecule has 0 radical (unpaired) electrons. The van der Waals surface area contributed by atoms with Crippen molar-refractivity contribution in [3.05, 3.63) is 92.9 Å². The van der Waals surface area contributed by atoms with Crippen molar-refractivity contribution < 1.29 is 0 Å². The number of fused-ring (bicyclic) bond motifs is 1. The van der Waals surface area contributed by atoms with Gasteiger partial charge in [0.15, 0.2) is 5.65 Å². The molecule has 0 atom stereocenters. The summed E-state index contributed by atoms with van der Waals surface area (Å²) in [5.74, 6) is 0.511. The Labute approximate surface area is 187 Å². The Morgan fingerprint density at radius 2 is 1.84 bits per heavy atom. The maximum Gasteiger partial charge on any atom is 0.272 e. The Bertz CT molecular complexity index is 1240. The minimum absolute atomic E-state index is 0.117. The largest absolute Gasteiger partial charge is 0.293 e. The molecule has 0 aliphatic carbocycles. The van der Waals surface area contributed by atoms with Crippen molar-refractivity contribution in [2.24, 2.45) is 5.92 Å². The molecule has 160 valence electrons. The SMILES string of the molecule is Cc1ccc(CN(Cc2cc(=O)n3[nH]c(-c4cccc(Cl)c4)cc3n2)CC(C)C)cc1. The van der Waals surface area contributed by atoms with Gasteiger partial charge in [0.25, 0.3) is 5.56 Å². The van der Waals surface area contributed by atoms with E-state index < -0.39 is 0 Å². The summed E-state index contributed by atoms with van der Waals surface area (Å²) < 4.78 is 1.48. The van der Waals surface area contributed by atoms with Gasteiger partial charge in [0.2, 0.25) is 0 Å². The molecular weight excluding hydrogens is 408 g/mol. The lowest BCUT2D eigenvalue weighted by atomic mass is 10.1. The van der Waals surface area contributed by atoms with Crippen molar-refractivity contribution in [2.75, 3.05) is 6.54 Å². The summed E-state index contributed by atoms with van der Waals surface area (Å²) >= 11 is 6.12. The van der Waals surface area contributed by atoms with Crippen LogP contribution in [0.15, 0.2) is 65.5 Å². The van der Waals surface area contributed by atoms with Gasteiger partial charge in [0.05, 0.1) is 11.4 Å². The summed E-state index contributed by atoms with van der Waals surface area (Å²) in [4.78, 5) is 19.9. The molecule has 2 aromatic carbocycles. The monoisotopic (exact) mass is 434 g/mol. The summed E-state index contributed by atoms with van der Waals surface area (Å²) in [6.07, 6.45) is 0. The van der Waals surface area contributed by atoms with Crippen LogP contribution in [0.3, 0.4) is 0 Å². The Morgan fingerprint density at radius 1 is 1.06 bits per heavy atom. The van der Waals surface area contributed by atoms with E-state index in [2.05, 4.69) is 55.0 Å². The van der Waals surface area contributed by atoms with Crippen LogP contribution in [-0.2, 0) is 13.1 Å². The molecule has 0 unspecified atom stereocenters. The second kappa shape index (κ2) is 9.08. The van der Waals surface area contributed by atoms with E-state index in [9.17, 15) is 4.79 Å². The molecule has 1 N–H and O–H groups in total. The van der Waals surface area contributed by atoms with Crippen molar-refractivity contribution in [3.8, 4) is 11.3 Å². The number of aryl methyl sites for hydroxylation is 1. The van der Waals surface area contributed by atoms with Gasteiger partial charge in [0.1, 0.15) is 0 Å². The van der Waals surface area contributed by atoms with Crippen molar-refractivity contribution in [2.45, 2.75) is 33.9 Å². The summed E-state index contributed by atoms with van der Waals surface area (Å²) in [6.45, 7) is 8.87. The summed E-state index contributed by atoms with van der Waals surface area (Å²) in [7, 11) is 0. The molecule has 0 bridgehead atoms. The highest BCUT2D eigenvalue weighted by molar-refractivity contribution is 6.30. The highest BCUT2D eigenvalue weighted by Crippen LogP contribution is 2.22. The molecule has 2 aromatic heterocycles. The van der Waals surface area contributed by atoms with E-state index in [1.807, 2.05) is 30.3 Å². The Morgan fingerprint density at radius 3 is 2.55 bits per heavy atom. The third kappa shape index (κ3) is 5.24. The van der Waals surface area contributed by atoms with Crippen LogP contribution in [0.5, 0.6) is 0 Å². The lowest BCUT2D eigenvalue weighted by molar-refractivity contribution is 0.225. The van der Waals surface area contributed by atoms with Crippen molar-refractivity contribution in [1.82, 2.24) is 19.5 Å². The molecule has 0 saturated heterocycles. The van der Waals surface area contributed by atoms with E-state index in [0.717, 1.165) is 30.0 Å². The fourth-order valence-corrected chi connectivity index (χ4v) is 4.00. The number of hydrogen-bond acceptors (Lipinski definition) is 3. The quantitative estimate of drug-likeness (QED) is 0.429. The van der Waals surface area contributed by atoms with Crippen LogP contribution >= 0.6 is 11.6 Å². The number of nitrogens with one attached hydrogen (secondary N) is 1. The number of rotatable bonds is 7. The number of benzene rings is 2. The average molecular weight is 435 g/mol. The fraction of sp³-hybridized carbons (Fsp3) is 0.280. The van der Waals surface area contributed by atoms with Gasteiger partial charge in [-0.2, -0.15) is 0 Å². The normalized spacial score (nSPS) is 11.7. The third-order valence-electron chi connectivity index (χ3n) is 5.17. The van der Waals surface area contributed by atoms with Gasteiger partial charge in [-0.3, -0.25) is 14.8 Å². The molecule has 0 aliphatic rings. The maximum atomic E-state index is 12.8. The van der Waals surface area contributed by atoms with E-state index >= 15 is 0 Å². The predicted octanol–water partition coefficient (Wildman–Crippen LogP) is 5.31. The number of halogens is 1. The smallest absolute Gasteiger partial charge is 0.272 e. The van der Waals surface area contributed by atoms with Gasteiger partial charge in [-0.15, -0.1) is 0 Å². The van der Waals surface area contributed by atoms with Crippen LogP contribution in [0.4, 0.5) is 0 Å². The van der Waals surface area contributed by atoms with Gasteiger partial charge in [-0.25, -0.2) is 9.50 Å². The van der Waals surface area contributed by atoms with Gasteiger partial charge in [-0.1, -0.05) is 67.4 Å². The molecular formula is C25H27ClN4O. The molecule has 0 saturated carbocycles. The van der Waals surface area contributed by atoms with Crippen LogP contribution in [-0.4, -0.2) is 26.0 Å². The van der Waals surface area contributed by atoms with Crippen molar-refractivity contribution in [3.63, 3.8) is 0 Å². The third-order valence-corrected chi connectivity index (χ3v) is 5.41. The molecule has 4 aromatic rings. The zero-order valence-electron chi connectivity index (χ0n) is 18.1. The second-order valence-corrected chi connectivity index (χ2v) is 8.94. The first-order chi connectivity index (χ1) is 14.9. The minimum Gasteiger partial charge on any atom is -0.293 e. The molecule has 6 heteroatoms. The lowest BCUT2D eigenvalue weighted by Crippen LogP contribution is -2.28. The van der Waals surface area contributed by atoms with E-state index in [1.54, 1.807) is 6.07 Å². The van der Waals surface area contributed by atoms with Crippen LogP contribution in [0.25, 0.3) is 16.9 Å². The maximum absolute atomic E-state index is 12.8. The topological polar surface area (TPSA) is 53.4 Å². The number of aromatic amines is 1. The predicted molar refractivity (Wildman–Crippen MR) is 126 cm³/mol.